The van der Waals surface area contributed by atoms with Gasteiger partial charge in [-0.1, -0.05) is 60.2 Å². The number of piperazine rings is 1. The van der Waals surface area contributed by atoms with E-state index in [1.54, 1.807) is 35.2 Å². The molecule has 0 spiro atoms. The molecular weight excluding hydrogens is 453 g/mol. The van der Waals surface area contributed by atoms with Crippen molar-refractivity contribution in [2.75, 3.05) is 31.1 Å². The van der Waals surface area contributed by atoms with Crippen LogP contribution in [0.15, 0.2) is 83.8 Å². The van der Waals surface area contributed by atoms with Gasteiger partial charge in [0, 0.05) is 26.2 Å². The number of nitrogens with zero attached hydrogens (tertiary/aromatic N) is 2. The second kappa shape index (κ2) is 10.4. The van der Waals surface area contributed by atoms with Crippen LogP contribution in [0.4, 0.5) is 10.1 Å². The SMILES string of the molecule is Cc1ccc(S(=O)(=O)N[C@@H](Cc2ccccc2)C(=O)N2CCN(c3ccccc3F)CC2)cc1. The Kier molecular flexibility index (Phi) is 7.29. The lowest BCUT2D eigenvalue weighted by Gasteiger charge is -2.37. The molecule has 6 nitrogen and oxygen atoms in total. The van der Waals surface area contributed by atoms with E-state index in [4.69, 9.17) is 0 Å². The van der Waals surface area contributed by atoms with Crippen molar-refractivity contribution in [2.45, 2.75) is 24.3 Å². The quantitative estimate of drug-likeness (QED) is 0.562. The van der Waals surface area contributed by atoms with Crippen molar-refractivity contribution in [3.8, 4) is 0 Å². The van der Waals surface area contributed by atoms with E-state index in [-0.39, 0.29) is 23.0 Å². The summed E-state index contributed by atoms with van der Waals surface area (Å²) in [5, 5.41) is 0. The van der Waals surface area contributed by atoms with E-state index in [9.17, 15) is 17.6 Å². The zero-order valence-corrected chi connectivity index (χ0v) is 19.8. The number of anilines is 1. The fraction of sp³-hybridized carbons (Fsp3) is 0.269. The third-order valence-electron chi connectivity index (χ3n) is 5.99. The van der Waals surface area contributed by atoms with Crippen LogP contribution in [0.5, 0.6) is 0 Å². The smallest absolute Gasteiger partial charge is 0.241 e. The first-order valence-corrected chi connectivity index (χ1v) is 12.7. The molecule has 1 heterocycles. The molecular formula is C26H28FN3O3S. The van der Waals surface area contributed by atoms with Crippen LogP contribution in [-0.2, 0) is 21.2 Å². The molecule has 1 saturated heterocycles. The monoisotopic (exact) mass is 481 g/mol. The highest BCUT2D eigenvalue weighted by molar-refractivity contribution is 7.89. The molecule has 4 rings (SSSR count). The number of nitrogens with one attached hydrogen (secondary N) is 1. The Labute approximate surface area is 200 Å². The van der Waals surface area contributed by atoms with Crippen LogP contribution < -0.4 is 9.62 Å². The van der Waals surface area contributed by atoms with Gasteiger partial charge in [0.15, 0.2) is 0 Å². The zero-order valence-electron chi connectivity index (χ0n) is 19.0. The molecule has 1 amide bonds. The van der Waals surface area contributed by atoms with E-state index < -0.39 is 16.1 Å². The highest BCUT2D eigenvalue weighted by Crippen LogP contribution is 2.21. The standard InChI is InChI=1S/C26H28FN3O3S/c1-20-11-13-22(14-12-20)34(32,33)28-24(19-21-7-3-2-4-8-21)26(31)30-17-15-29(16-18-30)25-10-6-5-9-23(25)27/h2-14,24,28H,15-19H2,1H3/t24-/m0/s1. The number of carbonyl (C=O) groups is 1. The van der Waals surface area contributed by atoms with E-state index in [2.05, 4.69) is 4.72 Å². The minimum atomic E-state index is -3.90. The van der Waals surface area contributed by atoms with Gasteiger partial charge in [-0.25, -0.2) is 12.8 Å². The first-order chi connectivity index (χ1) is 16.3. The molecule has 1 fully saturated rings. The zero-order chi connectivity index (χ0) is 24.1. The number of carbonyl (C=O) groups excluding carboxylic acids is 1. The number of benzene rings is 3. The summed E-state index contributed by atoms with van der Waals surface area (Å²) in [5.41, 5.74) is 2.32. The summed E-state index contributed by atoms with van der Waals surface area (Å²) in [4.78, 5) is 17.2. The van der Waals surface area contributed by atoms with Gasteiger partial charge in [0.1, 0.15) is 11.9 Å². The van der Waals surface area contributed by atoms with Crippen molar-refractivity contribution in [1.82, 2.24) is 9.62 Å². The average Bonchev–Trinajstić information content (AvgIpc) is 2.84. The highest BCUT2D eigenvalue weighted by atomic mass is 32.2. The number of hydrogen-bond acceptors (Lipinski definition) is 4. The molecule has 1 atom stereocenters. The Bertz CT molecular complexity index is 1230. The van der Waals surface area contributed by atoms with Crippen molar-refractivity contribution >= 4 is 21.6 Å². The van der Waals surface area contributed by atoms with Crippen LogP contribution in [0.25, 0.3) is 0 Å². The summed E-state index contributed by atoms with van der Waals surface area (Å²) in [6.45, 7) is 3.58. The predicted molar refractivity (Wildman–Crippen MR) is 131 cm³/mol. The summed E-state index contributed by atoms with van der Waals surface area (Å²) in [6.07, 6.45) is 0.234. The molecule has 8 heteroatoms. The van der Waals surface area contributed by atoms with Gasteiger partial charge >= 0.3 is 0 Å². The Morgan fingerprint density at radius 3 is 2.18 bits per heavy atom. The number of halogens is 1. The van der Waals surface area contributed by atoms with Gasteiger partial charge in [0.25, 0.3) is 0 Å². The maximum Gasteiger partial charge on any atom is 0.241 e. The Morgan fingerprint density at radius 2 is 1.53 bits per heavy atom. The van der Waals surface area contributed by atoms with Gasteiger partial charge in [-0.15, -0.1) is 0 Å². The van der Waals surface area contributed by atoms with Gasteiger partial charge in [-0.05, 0) is 43.2 Å². The largest absolute Gasteiger partial charge is 0.366 e. The maximum atomic E-state index is 14.2. The molecule has 0 aliphatic carbocycles. The second-order valence-electron chi connectivity index (χ2n) is 8.44. The normalized spacial score (nSPS) is 15.2. The van der Waals surface area contributed by atoms with Crippen molar-refractivity contribution in [1.29, 1.82) is 0 Å². The predicted octanol–water partition coefficient (Wildman–Crippen LogP) is 3.37. The average molecular weight is 482 g/mol. The molecule has 178 valence electrons. The molecule has 1 aliphatic rings. The lowest BCUT2D eigenvalue weighted by molar-refractivity contribution is -0.133. The lowest BCUT2D eigenvalue weighted by Crippen LogP contribution is -2.55. The first-order valence-electron chi connectivity index (χ1n) is 11.2. The number of para-hydroxylation sites is 1. The Balaban J connectivity index is 1.51. The molecule has 0 unspecified atom stereocenters. The van der Waals surface area contributed by atoms with Crippen LogP contribution in [-0.4, -0.2) is 51.4 Å². The highest BCUT2D eigenvalue weighted by Gasteiger charge is 2.31. The molecule has 1 N–H and O–H groups in total. The van der Waals surface area contributed by atoms with Crippen LogP contribution in [0.1, 0.15) is 11.1 Å². The fourth-order valence-corrected chi connectivity index (χ4v) is 5.29. The number of rotatable bonds is 7. The molecule has 0 aromatic heterocycles. The minimum absolute atomic E-state index is 0.119. The second-order valence-corrected chi connectivity index (χ2v) is 10.2. The van der Waals surface area contributed by atoms with Gasteiger partial charge in [-0.2, -0.15) is 4.72 Å². The third-order valence-corrected chi connectivity index (χ3v) is 7.48. The molecule has 0 radical (unpaired) electrons. The molecule has 3 aromatic carbocycles. The van der Waals surface area contributed by atoms with Gasteiger partial charge in [0.2, 0.25) is 15.9 Å². The number of amides is 1. The summed E-state index contributed by atoms with van der Waals surface area (Å²) in [6, 6.07) is 21.5. The molecule has 1 aliphatic heterocycles. The number of sulfonamides is 1. The molecule has 0 saturated carbocycles. The lowest BCUT2D eigenvalue weighted by atomic mass is 10.1. The van der Waals surface area contributed by atoms with Crippen molar-refractivity contribution in [3.05, 3.63) is 95.8 Å². The van der Waals surface area contributed by atoms with E-state index in [0.717, 1.165) is 11.1 Å². The van der Waals surface area contributed by atoms with E-state index in [1.807, 2.05) is 42.2 Å². The van der Waals surface area contributed by atoms with Gasteiger partial charge in [-0.3, -0.25) is 4.79 Å². The fourth-order valence-electron chi connectivity index (χ4n) is 4.10. The van der Waals surface area contributed by atoms with Gasteiger partial charge < -0.3 is 9.80 Å². The van der Waals surface area contributed by atoms with E-state index in [1.165, 1.54) is 18.2 Å². The van der Waals surface area contributed by atoms with E-state index >= 15 is 0 Å². The third kappa shape index (κ3) is 5.63. The topological polar surface area (TPSA) is 69.7 Å². The van der Waals surface area contributed by atoms with Crippen LogP contribution in [0.3, 0.4) is 0 Å². The summed E-state index contributed by atoms with van der Waals surface area (Å²) < 4.78 is 43.0. The minimum Gasteiger partial charge on any atom is -0.366 e. The summed E-state index contributed by atoms with van der Waals surface area (Å²) in [5.74, 6) is -0.581. The Morgan fingerprint density at radius 1 is 0.912 bits per heavy atom. The van der Waals surface area contributed by atoms with Gasteiger partial charge in [0.05, 0.1) is 10.6 Å². The summed E-state index contributed by atoms with van der Waals surface area (Å²) >= 11 is 0. The van der Waals surface area contributed by atoms with Crippen molar-refractivity contribution < 1.29 is 17.6 Å². The maximum absolute atomic E-state index is 14.2. The van der Waals surface area contributed by atoms with E-state index in [0.29, 0.717) is 31.9 Å². The van der Waals surface area contributed by atoms with Crippen molar-refractivity contribution in [3.63, 3.8) is 0 Å². The van der Waals surface area contributed by atoms with Crippen LogP contribution in [0.2, 0.25) is 0 Å². The van der Waals surface area contributed by atoms with Crippen LogP contribution >= 0.6 is 0 Å². The van der Waals surface area contributed by atoms with Crippen LogP contribution in [0, 0.1) is 12.7 Å². The Hall–Kier alpha value is -3.23. The first kappa shape index (κ1) is 23.9. The van der Waals surface area contributed by atoms with Crippen molar-refractivity contribution in [2.24, 2.45) is 0 Å². The molecule has 34 heavy (non-hydrogen) atoms. The number of hydrogen-bond donors (Lipinski definition) is 1. The number of aryl methyl sites for hydroxylation is 1. The molecule has 3 aromatic rings. The molecule has 0 bridgehead atoms. The summed E-state index contributed by atoms with van der Waals surface area (Å²) in [7, 11) is -3.90.